The lowest BCUT2D eigenvalue weighted by atomic mass is 10.2. The average molecular weight is 192 g/mol. The van der Waals surface area contributed by atoms with Crippen LogP contribution in [0.3, 0.4) is 0 Å². The highest BCUT2D eigenvalue weighted by molar-refractivity contribution is 6.20. The van der Waals surface area contributed by atoms with E-state index in [1.807, 2.05) is 6.92 Å². The second kappa shape index (κ2) is 5.05. The lowest BCUT2D eigenvalue weighted by Crippen LogP contribution is -2.30. The molecule has 1 fully saturated rings. The second-order valence-corrected chi connectivity index (χ2v) is 4.33. The van der Waals surface area contributed by atoms with Crippen LogP contribution in [-0.2, 0) is 4.74 Å². The first-order valence-corrected chi connectivity index (χ1v) is 5.12. The van der Waals surface area contributed by atoms with Gasteiger partial charge in [0.1, 0.15) is 0 Å². The molecule has 3 unspecified atom stereocenters. The molecule has 0 aromatic heterocycles. The second-order valence-electron chi connectivity index (χ2n) is 3.59. The van der Waals surface area contributed by atoms with Crippen LogP contribution in [0.4, 0.5) is 0 Å². The predicted molar refractivity (Wildman–Crippen MR) is 51.8 cm³/mol. The van der Waals surface area contributed by atoms with E-state index in [0.29, 0.717) is 12.2 Å². The third kappa shape index (κ3) is 3.74. The maximum Gasteiger partial charge on any atom is 0.0704 e. The summed E-state index contributed by atoms with van der Waals surface area (Å²) < 4.78 is 5.64. The number of hydrogen-bond donors (Lipinski definition) is 1. The molecule has 1 aliphatic heterocycles. The van der Waals surface area contributed by atoms with Gasteiger partial charge in [-0.15, -0.1) is 11.6 Å². The number of ether oxygens (including phenoxy) is 1. The van der Waals surface area contributed by atoms with Crippen LogP contribution in [0, 0.1) is 0 Å². The van der Waals surface area contributed by atoms with E-state index in [1.54, 1.807) is 0 Å². The van der Waals surface area contributed by atoms with Gasteiger partial charge < -0.3 is 10.1 Å². The Morgan fingerprint density at radius 3 is 2.83 bits per heavy atom. The van der Waals surface area contributed by atoms with Gasteiger partial charge in [0.2, 0.25) is 0 Å². The van der Waals surface area contributed by atoms with Crippen molar-refractivity contribution in [3.63, 3.8) is 0 Å². The number of hydrogen-bond acceptors (Lipinski definition) is 2. The van der Waals surface area contributed by atoms with Gasteiger partial charge in [0.25, 0.3) is 0 Å². The average Bonchev–Trinajstić information content (AvgIpc) is 2.35. The summed E-state index contributed by atoms with van der Waals surface area (Å²) in [5.41, 5.74) is 0. The molecule has 0 bridgehead atoms. The zero-order valence-electron chi connectivity index (χ0n) is 7.85. The quantitative estimate of drug-likeness (QED) is 0.684. The molecule has 0 aromatic carbocycles. The first-order valence-electron chi connectivity index (χ1n) is 4.68. The fraction of sp³-hybridized carbons (Fsp3) is 1.00. The zero-order valence-corrected chi connectivity index (χ0v) is 8.60. The molecular formula is C9H18ClNO. The van der Waals surface area contributed by atoms with Crippen LogP contribution in [0.2, 0.25) is 0 Å². The molecule has 0 aliphatic carbocycles. The standard InChI is InChI=1S/C9H18ClNO/c1-7(10)5-11-6-9-4-3-8(2)12-9/h7-9,11H,3-6H2,1-2H3. The summed E-state index contributed by atoms with van der Waals surface area (Å²) in [6.07, 6.45) is 3.24. The molecule has 1 N–H and O–H groups in total. The number of halogens is 1. The number of nitrogens with one attached hydrogen (secondary N) is 1. The summed E-state index contributed by atoms with van der Waals surface area (Å²) in [6.45, 7) is 5.94. The van der Waals surface area contributed by atoms with E-state index in [4.69, 9.17) is 16.3 Å². The Kier molecular flexibility index (Phi) is 4.33. The molecule has 1 aliphatic rings. The molecular weight excluding hydrogens is 174 g/mol. The van der Waals surface area contributed by atoms with Crippen LogP contribution < -0.4 is 5.32 Å². The third-order valence-electron chi connectivity index (χ3n) is 2.12. The maximum absolute atomic E-state index is 5.79. The summed E-state index contributed by atoms with van der Waals surface area (Å²) in [6, 6.07) is 0. The van der Waals surface area contributed by atoms with Gasteiger partial charge in [-0.25, -0.2) is 0 Å². The van der Waals surface area contributed by atoms with Gasteiger partial charge in [0.15, 0.2) is 0 Å². The Balaban J connectivity index is 2.00. The van der Waals surface area contributed by atoms with Crippen molar-refractivity contribution >= 4 is 11.6 Å². The van der Waals surface area contributed by atoms with Crippen molar-refractivity contribution in [1.82, 2.24) is 5.32 Å². The normalized spacial score (nSPS) is 32.2. The van der Waals surface area contributed by atoms with E-state index in [2.05, 4.69) is 12.2 Å². The van der Waals surface area contributed by atoms with Crippen LogP contribution in [0.5, 0.6) is 0 Å². The highest BCUT2D eigenvalue weighted by atomic mass is 35.5. The van der Waals surface area contributed by atoms with Crippen molar-refractivity contribution in [2.24, 2.45) is 0 Å². The van der Waals surface area contributed by atoms with Crippen molar-refractivity contribution in [2.75, 3.05) is 13.1 Å². The van der Waals surface area contributed by atoms with Crippen molar-refractivity contribution in [2.45, 2.75) is 44.3 Å². The van der Waals surface area contributed by atoms with Crippen LogP contribution in [0.1, 0.15) is 26.7 Å². The van der Waals surface area contributed by atoms with Gasteiger partial charge in [0.05, 0.1) is 12.2 Å². The van der Waals surface area contributed by atoms with Crippen molar-refractivity contribution in [3.8, 4) is 0 Å². The first-order chi connectivity index (χ1) is 5.68. The molecule has 3 atom stereocenters. The molecule has 72 valence electrons. The summed E-state index contributed by atoms with van der Waals surface area (Å²) in [4.78, 5) is 0. The third-order valence-corrected chi connectivity index (χ3v) is 2.27. The van der Waals surface area contributed by atoms with Crippen LogP contribution in [0.25, 0.3) is 0 Å². The van der Waals surface area contributed by atoms with E-state index < -0.39 is 0 Å². The zero-order chi connectivity index (χ0) is 8.97. The summed E-state index contributed by atoms with van der Waals surface area (Å²) in [5, 5.41) is 3.50. The van der Waals surface area contributed by atoms with E-state index in [9.17, 15) is 0 Å². The van der Waals surface area contributed by atoms with Gasteiger partial charge in [-0.3, -0.25) is 0 Å². The molecule has 12 heavy (non-hydrogen) atoms. The van der Waals surface area contributed by atoms with Crippen molar-refractivity contribution in [1.29, 1.82) is 0 Å². The minimum Gasteiger partial charge on any atom is -0.374 e. The predicted octanol–water partition coefficient (Wildman–Crippen LogP) is 1.77. The fourth-order valence-electron chi connectivity index (χ4n) is 1.48. The van der Waals surface area contributed by atoms with Crippen molar-refractivity contribution < 1.29 is 4.74 Å². The number of rotatable bonds is 4. The first kappa shape index (κ1) is 10.3. The van der Waals surface area contributed by atoms with Gasteiger partial charge in [-0.1, -0.05) is 0 Å². The van der Waals surface area contributed by atoms with Crippen LogP contribution in [-0.4, -0.2) is 30.7 Å². The molecule has 0 spiro atoms. The monoisotopic (exact) mass is 191 g/mol. The highest BCUT2D eigenvalue weighted by Crippen LogP contribution is 2.17. The Morgan fingerprint density at radius 2 is 2.33 bits per heavy atom. The van der Waals surface area contributed by atoms with Gasteiger partial charge >= 0.3 is 0 Å². The molecule has 3 heteroatoms. The minimum absolute atomic E-state index is 0.212. The molecule has 0 radical (unpaired) electrons. The Labute approximate surface area is 79.6 Å². The van der Waals surface area contributed by atoms with Crippen LogP contribution in [0.15, 0.2) is 0 Å². The number of alkyl halides is 1. The van der Waals surface area contributed by atoms with E-state index >= 15 is 0 Å². The minimum atomic E-state index is 0.212. The Morgan fingerprint density at radius 1 is 1.58 bits per heavy atom. The topological polar surface area (TPSA) is 21.3 Å². The van der Waals surface area contributed by atoms with E-state index in [-0.39, 0.29) is 5.38 Å². The summed E-state index contributed by atoms with van der Waals surface area (Å²) in [7, 11) is 0. The Hall–Kier alpha value is 0.210. The molecule has 1 saturated heterocycles. The van der Waals surface area contributed by atoms with Gasteiger partial charge in [0, 0.05) is 18.5 Å². The fourth-order valence-corrected chi connectivity index (χ4v) is 1.59. The lowest BCUT2D eigenvalue weighted by molar-refractivity contribution is 0.0562. The maximum atomic E-state index is 5.79. The smallest absolute Gasteiger partial charge is 0.0704 e. The lowest BCUT2D eigenvalue weighted by Gasteiger charge is -2.12. The molecule has 2 nitrogen and oxygen atoms in total. The molecule has 1 heterocycles. The summed E-state index contributed by atoms with van der Waals surface area (Å²) >= 11 is 5.79. The van der Waals surface area contributed by atoms with E-state index in [1.165, 1.54) is 12.8 Å². The molecule has 1 rings (SSSR count). The largest absolute Gasteiger partial charge is 0.374 e. The highest BCUT2D eigenvalue weighted by Gasteiger charge is 2.20. The molecule has 0 amide bonds. The molecule has 0 aromatic rings. The van der Waals surface area contributed by atoms with Gasteiger partial charge in [-0.2, -0.15) is 0 Å². The van der Waals surface area contributed by atoms with Crippen LogP contribution >= 0.6 is 11.6 Å². The SMILES string of the molecule is CC(Cl)CNCC1CCC(C)O1. The van der Waals surface area contributed by atoms with Crippen molar-refractivity contribution in [3.05, 3.63) is 0 Å². The summed E-state index contributed by atoms with van der Waals surface area (Å²) in [5.74, 6) is 0. The Bertz CT molecular complexity index is 130. The van der Waals surface area contributed by atoms with E-state index in [0.717, 1.165) is 13.1 Å². The molecule has 0 saturated carbocycles. The van der Waals surface area contributed by atoms with Gasteiger partial charge in [-0.05, 0) is 26.7 Å².